The summed E-state index contributed by atoms with van der Waals surface area (Å²) in [7, 11) is 1.37. The monoisotopic (exact) mass is 295 g/mol. The Morgan fingerprint density at radius 2 is 2.05 bits per heavy atom. The Morgan fingerprint density at radius 1 is 1.35 bits per heavy atom. The lowest BCUT2D eigenvalue weighted by Gasteiger charge is -2.11. The molecule has 1 unspecified atom stereocenters. The van der Waals surface area contributed by atoms with Crippen molar-refractivity contribution in [3.8, 4) is 0 Å². The summed E-state index contributed by atoms with van der Waals surface area (Å²) < 4.78 is 4.60. The van der Waals surface area contributed by atoms with Gasteiger partial charge in [-0.3, -0.25) is 9.59 Å². The third kappa shape index (κ3) is 5.65. The fourth-order valence-electron chi connectivity index (χ4n) is 1.74. The number of aryl methyl sites for hydroxylation is 2. The molecule has 1 amide bonds. The van der Waals surface area contributed by atoms with Crippen molar-refractivity contribution in [3.05, 3.63) is 29.3 Å². The molecule has 1 aromatic rings. The maximum Gasteiger partial charge on any atom is 0.306 e. The first-order valence-corrected chi connectivity index (χ1v) is 7.52. The van der Waals surface area contributed by atoms with Crippen LogP contribution in [-0.2, 0) is 14.3 Å². The van der Waals surface area contributed by atoms with Crippen LogP contribution < -0.4 is 5.32 Å². The summed E-state index contributed by atoms with van der Waals surface area (Å²) >= 11 is 1.44. The number of nitrogens with one attached hydrogen (secondary N) is 1. The van der Waals surface area contributed by atoms with E-state index in [1.807, 2.05) is 39.0 Å². The summed E-state index contributed by atoms with van der Waals surface area (Å²) in [6.45, 7) is 5.89. The van der Waals surface area contributed by atoms with Crippen LogP contribution in [0.3, 0.4) is 0 Å². The molecule has 0 saturated carbocycles. The van der Waals surface area contributed by atoms with Gasteiger partial charge in [0.05, 0.1) is 19.3 Å². The van der Waals surface area contributed by atoms with Crippen LogP contribution in [0.4, 0.5) is 5.69 Å². The average Bonchev–Trinajstić information content (AvgIpc) is 2.39. The van der Waals surface area contributed by atoms with E-state index in [9.17, 15) is 9.59 Å². The van der Waals surface area contributed by atoms with E-state index in [-0.39, 0.29) is 17.1 Å². The smallest absolute Gasteiger partial charge is 0.306 e. The largest absolute Gasteiger partial charge is 0.469 e. The number of rotatable bonds is 6. The molecule has 1 atom stereocenters. The Labute approximate surface area is 124 Å². The van der Waals surface area contributed by atoms with E-state index >= 15 is 0 Å². The van der Waals surface area contributed by atoms with Gasteiger partial charge < -0.3 is 10.1 Å². The van der Waals surface area contributed by atoms with E-state index in [2.05, 4.69) is 10.1 Å². The lowest BCUT2D eigenvalue weighted by Crippen LogP contribution is -2.17. The van der Waals surface area contributed by atoms with Crippen LogP contribution in [0.5, 0.6) is 0 Å². The van der Waals surface area contributed by atoms with Crippen LogP contribution >= 0.6 is 11.8 Å². The summed E-state index contributed by atoms with van der Waals surface area (Å²) in [6, 6.07) is 5.91. The van der Waals surface area contributed by atoms with Crippen LogP contribution in [0.15, 0.2) is 18.2 Å². The summed E-state index contributed by atoms with van der Waals surface area (Å²) in [5, 5.41) is 2.95. The van der Waals surface area contributed by atoms with Gasteiger partial charge in [-0.1, -0.05) is 24.6 Å². The number of amides is 1. The predicted octanol–water partition coefficient (Wildman–Crippen LogP) is 2.93. The number of anilines is 1. The molecular weight excluding hydrogens is 274 g/mol. The van der Waals surface area contributed by atoms with Gasteiger partial charge in [-0.25, -0.2) is 0 Å². The highest BCUT2D eigenvalue weighted by atomic mass is 32.2. The van der Waals surface area contributed by atoms with E-state index < -0.39 is 0 Å². The molecule has 0 aliphatic rings. The zero-order valence-corrected chi connectivity index (χ0v) is 13.2. The van der Waals surface area contributed by atoms with Crippen molar-refractivity contribution < 1.29 is 14.3 Å². The van der Waals surface area contributed by atoms with Crippen molar-refractivity contribution in [1.82, 2.24) is 0 Å². The highest BCUT2D eigenvalue weighted by Crippen LogP contribution is 2.18. The Bertz CT molecular complexity index is 488. The lowest BCUT2D eigenvalue weighted by molar-refractivity contribution is -0.140. The Balaban J connectivity index is 2.42. The van der Waals surface area contributed by atoms with Crippen molar-refractivity contribution in [2.75, 3.05) is 18.2 Å². The molecule has 0 spiro atoms. The highest BCUT2D eigenvalue weighted by Gasteiger charge is 2.12. The minimum Gasteiger partial charge on any atom is -0.469 e. The van der Waals surface area contributed by atoms with Crippen molar-refractivity contribution in [1.29, 1.82) is 0 Å². The van der Waals surface area contributed by atoms with Crippen molar-refractivity contribution in [2.45, 2.75) is 32.4 Å². The number of thioether (sulfide) groups is 1. The number of esters is 1. The topological polar surface area (TPSA) is 55.4 Å². The summed E-state index contributed by atoms with van der Waals surface area (Å²) in [6.07, 6.45) is 0.317. The number of carbonyl (C=O) groups excluding carboxylic acids is 2. The zero-order valence-electron chi connectivity index (χ0n) is 12.4. The zero-order chi connectivity index (χ0) is 15.1. The number of benzene rings is 1. The average molecular weight is 295 g/mol. The molecule has 0 radical (unpaired) electrons. The molecule has 110 valence electrons. The van der Waals surface area contributed by atoms with Gasteiger partial charge in [-0.05, 0) is 25.5 Å². The van der Waals surface area contributed by atoms with Crippen molar-refractivity contribution in [3.63, 3.8) is 0 Å². The van der Waals surface area contributed by atoms with Gasteiger partial charge in [0.25, 0.3) is 0 Å². The molecule has 0 aliphatic heterocycles. The summed E-state index contributed by atoms with van der Waals surface area (Å²) in [5.74, 6) is 0.0179. The first kappa shape index (κ1) is 16.6. The number of ether oxygens (including phenoxy) is 1. The van der Waals surface area contributed by atoms with Crippen molar-refractivity contribution in [2.24, 2.45) is 0 Å². The van der Waals surface area contributed by atoms with Gasteiger partial charge >= 0.3 is 5.97 Å². The van der Waals surface area contributed by atoms with Gasteiger partial charge in [0.15, 0.2) is 0 Å². The molecule has 0 saturated heterocycles. The van der Waals surface area contributed by atoms with E-state index in [0.717, 1.165) is 11.3 Å². The standard InChI is InChI=1S/C15H21NO3S/c1-10-5-6-13(11(2)7-10)16-14(17)9-20-12(3)8-15(18)19-4/h5-7,12H,8-9H2,1-4H3,(H,16,17). The Morgan fingerprint density at radius 3 is 2.65 bits per heavy atom. The van der Waals surface area contributed by atoms with Gasteiger partial charge in [-0.15, -0.1) is 11.8 Å². The molecule has 20 heavy (non-hydrogen) atoms. The van der Waals surface area contributed by atoms with Crippen LogP contribution in [-0.4, -0.2) is 30.0 Å². The van der Waals surface area contributed by atoms with Gasteiger partial charge in [0, 0.05) is 10.9 Å². The normalized spacial score (nSPS) is 11.8. The molecule has 0 aliphatic carbocycles. The molecule has 0 bridgehead atoms. The van der Waals surface area contributed by atoms with Crippen LogP contribution in [0.2, 0.25) is 0 Å². The molecular formula is C15H21NO3S. The van der Waals surface area contributed by atoms with Crippen LogP contribution in [0.25, 0.3) is 0 Å². The molecule has 1 N–H and O–H groups in total. The maximum absolute atomic E-state index is 11.9. The molecule has 0 heterocycles. The fraction of sp³-hybridized carbons (Fsp3) is 0.467. The minimum absolute atomic E-state index is 0.0568. The molecule has 5 heteroatoms. The van der Waals surface area contributed by atoms with Crippen LogP contribution in [0, 0.1) is 13.8 Å². The summed E-state index contributed by atoms with van der Waals surface area (Å²) in [4.78, 5) is 23.0. The van der Waals surface area contributed by atoms with E-state index in [1.54, 1.807) is 0 Å². The minimum atomic E-state index is -0.250. The number of methoxy groups -OCH3 is 1. The van der Waals surface area contributed by atoms with Gasteiger partial charge in [0.2, 0.25) is 5.91 Å². The SMILES string of the molecule is COC(=O)CC(C)SCC(=O)Nc1ccc(C)cc1C. The Hall–Kier alpha value is -1.49. The first-order chi connectivity index (χ1) is 9.42. The quantitative estimate of drug-likeness (QED) is 0.820. The maximum atomic E-state index is 11.9. The second-order valence-corrected chi connectivity index (χ2v) is 6.20. The van der Waals surface area contributed by atoms with Crippen LogP contribution in [0.1, 0.15) is 24.5 Å². The van der Waals surface area contributed by atoms with E-state index in [1.165, 1.54) is 24.4 Å². The number of hydrogen-bond donors (Lipinski definition) is 1. The Kier molecular flexibility index (Phi) is 6.58. The highest BCUT2D eigenvalue weighted by molar-refractivity contribution is 8.00. The second-order valence-electron chi connectivity index (χ2n) is 4.77. The van der Waals surface area contributed by atoms with E-state index in [4.69, 9.17) is 0 Å². The fourth-order valence-corrected chi connectivity index (χ4v) is 2.50. The third-order valence-electron chi connectivity index (χ3n) is 2.84. The number of carbonyl (C=O) groups is 2. The second kappa shape index (κ2) is 7.94. The van der Waals surface area contributed by atoms with Gasteiger partial charge in [-0.2, -0.15) is 0 Å². The third-order valence-corrected chi connectivity index (χ3v) is 4.00. The van der Waals surface area contributed by atoms with Crippen molar-refractivity contribution >= 4 is 29.3 Å². The molecule has 0 aromatic heterocycles. The number of hydrogen-bond acceptors (Lipinski definition) is 4. The van der Waals surface area contributed by atoms with Gasteiger partial charge in [0.1, 0.15) is 0 Å². The predicted molar refractivity (Wildman–Crippen MR) is 83.1 cm³/mol. The molecule has 4 nitrogen and oxygen atoms in total. The van der Waals surface area contributed by atoms with E-state index in [0.29, 0.717) is 12.2 Å². The first-order valence-electron chi connectivity index (χ1n) is 6.48. The lowest BCUT2D eigenvalue weighted by atomic mass is 10.1. The molecule has 0 fully saturated rings. The molecule has 1 rings (SSSR count). The molecule has 1 aromatic carbocycles. The summed E-state index contributed by atoms with van der Waals surface area (Å²) in [5.41, 5.74) is 3.05.